The summed E-state index contributed by atoms with van der Waals surface area (Å²) in [5.41, 5.74) is 0.523. The van der Waals surface area contributed by atoms with Gasteiger partial charge in [0.2, 0.25) is 0 Å². The number of amides is 2. The molecule has 30 heavy (non-hydrogen) atoms. The molecule has 2 aliphatic rings. The highest BCUT2D eigenvalue weighted by atomic mass is 16.6. The van der Waals surface area contributed by atoms with E-state index in [1.165, 1.54) is 0 Å². The fourth-order valence-corrected chi connectivity index (χ4v) is 3.84. The zero-order valence-electron chi connectivity index (χ0n) is 18.4. The number of ether oxygens (including phenoxy) is 2. The van der Waals surface area contributed by atoms with Crippen LogP contribution in [0.1, 0.15) is 45.6 Å². The Hall–Kier alpha value is -2.28. The van der Waals surface area contributed by atoms with Crippen molar-refractivity contribution in [2.45, 2.75) is 58.3 Å². The van der Waals surface area contributed by atoms with Crippen LogP contribution in [0.25, 0.3) is 0 Å². The normalized spacial score (nSPS) is 22.2. The summed E-state index contributed by atoms with van der Waals surface area (Å²) in [5, 5.41) is 5.87. The molecule has 2 atom stereocenters. The monoisotopic (exact) mass is 417 g/mol. The predicted molar refractivity (Wildman–Crippen MR) is 115 cm³/mol. The van der Waals surface area contributed by atoms with Gasteiger partial charge in [-0.25, -0.2) is 9.59 Å². The summed E-state index contributed by atoms with van der Waals surface area (Å²) >= 11 is 0. The van der Waals surface area contributed by atoms with Gasteiger partial charge in [0.1, 0.15) is 12.2 Å². The lowest BCUT2D eigenvalue weighted by Crippen LogP contribution is -2.46. The number of benzene rings is 1. The molecule has 0 spiro atoms. The molecular weight excluding hydrogens is 382 g/mol. The second kappa shape index (κ2) is 10.2. The summed E-state index contributed by atoms with van der Waals surface area (Å²) in [5.74, 6) is 1.17. The lowest BCUT2D eigenvalue weighted by atomic mass is 10.0. The van der Waals surface area contributed by atoms with Crippen LogP contribution >= 0.6 is 0 Å². The van der Waals surface area contributed by atoms with Crippen LogP contribution in [0.3, 0.4) is 0 Å². The van der Waals surface area contributed by atoms with Crippen LogP contribution < -0.4 is 10.6 Å². The molecule has 1 aliphatic carbocycles. The largest absolute Gasteiger partial charge is 0.445 e. The van der Waals surface area contributed by atoms with Crippen molar-refractivity contribution >= 4 is 12.2 Å². The second-order valence-corrected chi connectivity index (χ2v) is 9.42. The molecule has 7 heteroatoms. The molecule has 1 saturated carbocycles. The molecule has 7 nitrogen and oxygen atoms in total. The molecule has 2 unspecified atom stereocenters. The topological polar surface area (TPSA) is 79.9 Å². The van der Waals surface area contributed by atoms with Crippen molar-refractivity contribution in [2.24, 2.45) is 11.8 Å². The minimum absolute atomic E-state index is 0.187. The molecule has 2 fully saturated rings. The smallest absolute Gasteiger partial charge is 0.407 e. The fourth-order valence-electron chi connectivity index (χ4n) is 3.84. The summed E-state index contributed by atoms with van der Waals surface area (Å²) in [6.45, 7) is 9.62. The molecule has 2 N–H and O–H groups in total. The Labute approximate surface area is 179 Å². The predicted octanol–water partition coefficient (Wildman–Crippen LogP) is 3.54. The number of rotatable bonds is 7. The third kappa shape index (κ3) is 7.86. The van der Waals surface area contributed by atoms with Crippen molar-refractivity contribution in [2.75, 3.05) is 26.2 Å². The number of carbonyl (C=O) groups excluding carboxylic acids is 2. The van der Waals surface area contributed by atoms with E-state index in [9.17, 15) is 9.59 Å². The third-order valence-corrected chi connectivity index (χ3v) is 5.59. The van der Waals surface area contributed by atoms with Crippen molar-refractivity contribution < 1.29 is 19.1 Å². The molecule has 0 bridgehead atoms. The summed E-state index contributed by atoms with van der Waals surface area (Å²) in [6, 6.07) is 9.87. The molecule has 2 amide bonds. The van der Waals surface area contributed by atoms with Crippen LogP contribution in [0.5, 0.6) is 0 Å². The highest BCUT2D eigenvalue weighted by molar-refractivity contribution is 5.68. The first-order valence-corrected chi connectivity index (χ1v) is 10.9. The van der Waals surface area contributed by atoms with Gasteiger partial charge in [-0.1, -0.05) is 30.3 Å². The number of carbonyl (C=O) groups is 2. The maximum Gasteiger partial charge on any atom is 0.407 e. The van der Waals surface area contributed by atoms with Gasteiger partial charge >= 0.3 is 12.2 Å². The van der Waals surface area contributed by atoms with Gasteiger partial charge in [0, 0.05) is 32.2 Å². The van der Waals surface area contributed by atoms with Crippen molar-refractivity contribution in [3.8, 4) is 0 Å². The molecule has 1 heterocycles. The Morgan fingerprint density at radius 1 is 1.07 bits per heavy atom. The molecule has 3 rings (SSSR count). The molecule has 1 aromatic rings. The second-order valence-electron chi connectivity index (χ2n) is 9.42. The lowest BCUT2D eigenvalue weighted by Gasteiger charge is -2.33. The van der Waals surface area contributed by atoms with Crippen molar-refractivity contribution in [3.63, 3.8) is 0 Å². The van der Waals surface area contributed by atoms with Crippen LogP contribution in [-0.4, -0.2) is 54.9 Å². The van der Waals surface area contributed by atoms with Gasteiger partial charge in [0.05, 0.1) is 0 Å². The molecule has 0 radical (unpaired) electrons. The van der Waals surface area contributed by atoms with E-state index < -0.39 is 5.60 Å². The first-order valence-electron chi connectivity index (χ1n) is 10.9. The molecular formula is C23H35N3O4. The Balaban J connectivity index is 1.25. The van der Waals surface area contributed by atoms with Crippen LogP contribution in [0.2, 0.25) is 0 Å². The van der Waals surface area contributed by atoms with Gasteiger partial charge < -0.3 is 25.0 Å². The van der Waals surface area contributed by atoms with Gasteiger partial charge in [0.15, 0.2) is 0 Å². The maximum atomic E-state index is 11.9. The van der Waals surface area contributed by atoms with E-state index in [0.717, 1.165) is 44.5 Å². The highest BCUT2D eigenvalue weighted by Crippen LogP contribution is 2.38. The van der Waals surface area contributed by atoms with E-state index >= 15 is 0 Å². The van der Waals surface area contributed by atoms with Gasteiger partial charge in [0.25, 0.3) is 0 Å². The average Bonchev–Trinajstić information content (AvgIpc) is 3.43. The third-order valence-electron chi connectivity index (χ3n) is 5.59. The summed E-state index contributed by atoms with van der Waals surface area (Å²) in [6.07, 6.45) is 2.36. The van der Waals surface area contributed by atoms with Gasteiger partial charge in [-0.15, -0.1) is 0 Å². The minimum Gasteiger partial charge on any atom is -0.445 e. The Bertz CT molecular complexity index is 696. The number of hydrogen-bond acceptors (Lipinski definition) is 5. The van der Waals surface area contributed by atoms with E-state index in [4.69, 9.17) is 9.47 Å². The van der Waals surface area contributed by atoms with E-state index in [-0.39, 0.29) is 18.2 Å². The van der Waals surface area contributed by atoms with Crippen LogP contribution in [-0.2, 0) is 16.1 Å². The number of nitrogens with zero attached hydrogens (tertiary/aromatic N) is 1. The molecule has 1 aliphatic heterocycles. The molecule has 1 saturated heterocycles. The minimum atomic E-state index is -0.465. The maximum absolute atomic E-state index is 11.9. The van der Waals surface area contributed by atoms with Gasteiger partial charge in [-0.05, 0) is 57.4 Å². The fraction of sp³-hybridized carbons (Fsp3) is 0.652. The highest BCUT2D eigenvalue weighted by Gasteiger charge is 2.38. The Morgan fingerprint density at radius 2 is 1.77 bits per heavy atom. The number of alkyl carbamates (subject to hydrolysis) is 2. The van der Waals surface area contributed by atoms with Crippen molar-refractivity contribution in [1.82, 2.24) is 15.5 Å². The number of likely N-dealkylation sites (tertiary alicyclic amines) is 1. The van der Waals surface area contributed by atoms with E-state index in [1.54, 1.807) is 0 Å². The van der Waals surface area contributed by atoms with Gasteiger partial charge in [-0.3, -0.25) is 0 Å². The number of hydrogen-bond donors (Lipinski definition) is 2. The van der Waals surface area contributed by atoms with Crippen molar-refractivity contribution in [3.05, 3.63) is 35.9 Å². The van der Waals surface area contributed by atoms with Crippen LogP contribution in [0.15, 0.2) is 30.3 Å². The summed E-state index contributed by atoms with van der Waals surface area (Å²) in [4.78, 5) is 26.2. The van der Waals surface area contributed by atoms with Crippen LogP contribution in [0, 0.1) is 11.8 Å². The Morgan fingerprint density at radius 3 is 2.43 bits per heavy atom. The van der Waals surface area contributed by atoms with E-state index in [1.807, 2.05) is 51.1 Å². The first-order chi connectivity index (χ1) is 14.3. The summed E-state index contributed by atoms with van der Waals surface area (Å²) in [7, 11) is 0. The Kier molecular flexibility index (Phi) is 7.58. The molecule has 1 aromatic carbocycles. The lowest BCUT2D eigenvalue weighted by molar-refractivity contribution is 0.0477. The average molecular weight is 418 g/mol. The first kappa shape index (κ1) is 22.4. The zero-order valence-corrected chi connectivity index (χ0v) is 18.4. The number of piperidine rings is 1. The number of nitrogens with one attached hydrogen (secondary N) is 2. The van der Waals surface area contributed by atoms with E-state index in [2.05, 4.69) is 15.5 Å². The molecule has 0 aromatic heterocycles. The van der Waals surface area contributed by atoms with Crippen LogP contribution in [0.4, 0.5) is 9.59 Å². The van der Waals surface area contributed by atoms with E-state index in [0.29, 0.717) is 25.0 Å². The standard InChI is InChI=1S/C23H35N3O4/c1-23(2,3)30-22(28)25-20-9-11-26(12-10-20)15-19-13-18(19)14-24-21(27)29-16-17-7-5-4-6-8-17/h4-8,18-20H,9-16H2,1-3H3,(H,24,27)(H,25,28). The molecule has 166 valence electrons. The summed E-state index contributed by atoms with van der Waals surface area (Å²) < 4.78 is 10.6. The SMILES string of the molecule is CC(C)(C)OC(=O)NC1CCN(CC2CC2CNC(=O)OCc2ccccc2)CC1. The zero-order chi connectivity index (χ0) is 21.6. The van der Waals surface area contributed by atoms with Crippen molar-refractivity contribution in [1.29, 1.82) is 0 Å². The quantitative estimate of drug-likeness (QED) is 0.709. The van der Waals surface area contributed by atoms with Gasteiger partial charge in [-0.2, -0.15) is 0 Å².